The fourth-order valence-corrected chi connectivity index (χ4v) is 4.53. The first kappa shape index (κ1) is 23.2. The number of cyclic esters (lactones) is 1. The molecule has 5 heteroatoms. The molecule has 0 spiro atoms. The maximum Gasteiger partial charge on any atom is 0.417 e. The molecule has 0 radical (unpaired) electrons. The van der Waals surface area contributed by atoms with E-state index in [1.165, 1.54) is 4.90 Å². The van der Waals surface area contributed by atoms with Crippen LogP contribution in [0, 0.1) is 5.92 Å². The van der Waals surface area contributed by atoms with Crippen LogP contribution in [0.4, 0.5) is 4.79 Å². The van der Waals surface area contributed by atoms with Gasteiger partial charge < -0.3 is 4.74 Å². The fourth-order valence-electron chi connectivity index (χ4n) is 4.53. The number of allylic oxidation sites excluding steroid dienone is 1. The Labute approximate surface area is 199 Å². The number of ether oxygens (including phenoxy) is 1. The molecule has 4 rings (SSSR count). The average molecular weight is 454 g/mol. The molecule has 3 aromatic carbocycles. The van der Waals surface area contributed by atoms with E-state index >= 15 is 0 Å². The van der Waals surface area contributed by atoms with Crippen LogP contribution in [-0.4, -0.2) is 35.3 Å². The highest BCUT2D eigenvalue weighted by molar-refractivity contribution is 6.01. The van der Waals surface area contributed by atoms with Gasteiger partial charge in [-0.1, -0.05) is 97.1 Å². The molecule has 172 valence electrons. The molecule has 0 N–H and O–H groups in total. The van der Waals surface area contributed by atoms with Gasteiger partial charge in [0.2, 0.25) is 5.91 Å². The van der Waals surface area contributed by atoms with Crippen LogP contribution in [0.2, 0.25) is 0 Å². The number of hydrogen-bond acceptors (Lipinski definition) is 4. The van der Waals surface area contributed by atoms with Gasteiger partial charge in [0, 0.05) is 23.8 Å². The van der Waals surface area contributed by atoms with Gasteiger partial charge in [0.05, 0.1) is 6.04 Å². The minimum atomic E-state index is -0.703. The summed E-state index contributed by atoms with van der Waals surface area (Å²) in [5, 5.41) is 0. The van der Waals surface area contributed by atoms with Crippen molar-refractivity contribution in [1.29, 1.82) is 0 Å². The third kappa shape index (κ3) is 4.99. The molecule has 1 saturated heterocycles. The van der Waals surface area contributed by atoms with Gasteiger partial charge in [-0.05, 0) is 17.5 Å². The monoisotopic (exact) mass is 453 g/mol. The largest absolute Gasteiger partial charge is 0.447 e. The standard InChI is InChI=1S/C29H27NO4/c1-2-12-24(19-26(31)21-13-6-3-7-14-21)28(32)30-25(20-34-29(30)33)27(22-15-8-4-9-16-22)23-17-10-5-11-18-23/h2-11,13-18,24-25,27H,1,12,19-20H2/t24-,25-/m0/s1. The highest BCUT2D eigenvalue weighted by Crippen LogP contribution is 2.35. The number of ketones is 1. The lowest BCUT2D eigenvalue weighted by atomic mass is 9.84. The number of Topliss-reactive ketones (excluding diaryl/α,β-unsaturated/α-hetero) is 1. The third-order valence-electron chi connectivity index (χ3n) is 6.17. The van der Waals surface area contributed by atoms with E-state index in [2.05, 4.69) is 6.58 Å². The Bertz CT molecular complexity index is 1110. The van der Waals surface area contributed by atoms with Crippen LogP contribution >= 0.6 is 0 Å². The second-order valence-corrected chi connectivity index (χ2v) is 8.37. The van der Waals surface area contributed by atoms with Crippen LogP contribution in [0.5, 0.6) is 0 Å². The summed E-state index contributed by atoms with van der Waals surface area (Å²) >= 11 is 0. The van der Waals surface area contributed by atoms with Crippen molar-refractivity contribution in [2.75, 3.05) is 6.61 Å². The number of imide groups is 1. The van der Waals surface area contributed by atoms with E-state index in [1.807, 2.05) is 66.7 Å². The van der Waals surface area contributed by atoms with Gasteiger partial charge >= 0.3 is 6.09 Å². The topological polar surface area (TPSA) is 63.7 Å². The van der Waals surface area contributed by atoms with Crippen molar-refractivity contribution >= 4 is 17.8 Å². The van der Waals surface area contributed by atoms with Gasteiger partial charge in [0.1, 0.15) is 6.61 Å². The first-order valence-electron chi connectivity index (χ1n) is 11.4. The zero-order chi connectivity index (χ0) is 23.9. The van der Waals surface area contributed by atoms with Crippen LogP contribution < -0.4 is 0 Å². The van der Waals surface area contributed by atoms with E-state index in [-0.39, 0.29) is 31.1 Å². The SMILES string of the molecule is C=CC[C@@H](CC(=O)c1ccccc1)C(=O)N1C(=O)OC[C@H]1C(c1ccccc1)c1ccccc1. The predicted molar refractivity (Wildman–Crippen MR) is 130 cm³/mol. The molecule has 0 aliphatic carbocycles. The first-order chi connectivity index (χ1) is 16.6. The summed E-state index contributed by atoms with van der Waals surface area (Å²) in [5.74, 6) is -1.52. The number of benzene rings is 3. The van der Waals surface area contributed by atoms with Crippen LogP contribution in [0.25, 0.3) is 0 Å². The summed E-state index contributed by atoms with van der Waals surface area (Å²) < 4.78 is 5.40. The second kappa shape index (κ2) is 10.8. The van der Waals surface area contributed by atoms with Gasteiger partial charge in [0.25, 0.3) is 0 Å². The normalized spacial score (nSPS) is 16.2. The van der Waals surface area contributed by atoms with Gasteiger partial charge in [-0.25, -0.2) is 9.69 Å². The summed E-state index contributed by atoms with van der Waals surface area (Å²) in [6, 6.07) is 27.9. The predicted octanol–water partition coefficient (Wildman–Crippen LogP) is 5.63. The van der Waals surface area contributed by atoms with Crippen molar-refractivity contribution in [3.8, 4) is 0 Å². The molecule has 1 fully saturated rings. The van der Waals surface area contributed by atoms with E-state index in [4.69, 9.17) is 4.74 Å². The lowest BCUT2D eigenvalue weighted by Crippen LogP contribution is -2.46. The maximum absolute atomic E-state index is 13.7. The van der Waals surface area contributed by atoms with E-state index in [0.717, 1.165) is 11.1 Å². The van der Waals surface area contributed by atoms with E-state index in [0.29, 0.717) is 5.56 Å². The highest BCUT2D eigenvalue weighted by atomic mass is 16.6. The Morgan fingerprint density at radius 3 is 1.97 bits per heavy atom. The lowest BCUT2D eigenvalue weighted by Gasteiger charge is -2.30. The van der Waals surface area contributed by atoms with Crippen molar-refractivity contribution < 1.29 is 19.1 Å². The van der Waals surface area contributed by atoms with Crippen molar-refractivity contribution in [1.82, 2.24) is 4.90 Å². The molecule has 3 aromatic rings. The second-order valence-electron chi connectivity index (χ2n) is 8.37. The molecule has 0 saturated carbocycles. The molecule has 0 unspecified atom stereocenters. The smallest absolute Gasteiger partial charge is 0.417 e. The fraction of sp³-hybridized carbons (Fsp3) is 0.207. The average Bonchev–Trinajstić information content (AvgIpc) is 3.26. The Balaban J connectivity index is 1.66. The molecule has 5 nitrogen and oxygen atoms in total. The maximum atomic E-state index is 13.7. The first-order valence-corrected chi connectivity index (χ1v) is 11.4. The van der Waals surface area contributed by atoms with Crippen molar-refractivity contribution in [2.45, 2.75) is 24.8 Å². The quantitative estimate of drug-likeness (QED) is 0.311. The number of amides is 2. The Morgan fingerprint density at radius 2 is 1.44 bits per heavy atom. The number of carbonyl (C=O) groups is 3. The van der Waals surface area contributed by atoms with Crippen LogP contribution in [0.15, 0.2) is 104 Å². The summed E-state index contributed by atoms with van der Waals surface area (Å²) in [6.07, 6.45) is 1.22. The molecule has 34 heavy (non-hydrogen) atoms. The minimum Gasteiger partial charge on any atom is -0.447 e. The van der Waals surface area contributed by atoms with Crippen LogP contribution in [-0.2, 0) is 9.53 Å². The molecule has 0 bridgehead atoms. The number of rotatable bonds is 9. The Kier molecular flexibility index (Phi) is 7.33. The molecular formula is C29H27NO4. The van der Waals surface area contributed by atoms with Crippen LogP contribution in [0.1, 0.15) is 40.2 Å². The summed E-state index contributed by atoms with van der Waals surface area (Å²) in [5.41, 5.74) is 2.50. The van der Waals surface area contributed by atoms with Gasteiger partial charge in [-0.2, -0.15) is 0 Å². The third-order valence-corrected chi connectivity index (χ3v) is 6.17. The molecule has 1 aliphatic heterocycles. The number of hydrogen-bond donors (Lipinski definition) is 0. The summed E-state index contributed by atoms with van der Waals surface area (Å²) in [4.78, 5) is 40.6. The van der Waals surface area contributed by atoms with Crippen molar-refractivity contribution in [3.63, 3.8) is 0 Å². The van der Waals surface area contributed by atoms with E-state index in [9.17, 15) is 14.4 Å². The summed E-state index contributed by atoms with van der Waals surface area (Å²) in [7, 11) is 0. The van der Waals surface area contributed by atoms with E-state index in [1.54, 1.807) is 30.3 Å². The van der Waals surface area contributed by atoms with Gasteiger partial charge in [-0.15, -0.1) is 6.58 Å². The molecule has 0 aromatic heterocycles. The summed E-state index contributed by atoms with van der Waals surface area (Å²) in [6.45, 7) is 3.85. The zero-order valence-corrected chi connectivity index (χ0v) is 18.9. The number of nitrogens with zero attached hydrogens (tertiary/aromatic N) is 1. The Morgan fingerprint density at radius 1 is 0.912 bits per heavy atom. The van der Waals surface area contributed by atoms with Crippen LogP contribution in [0.3, 0.4) is 0 Å². The molecular weight excluding hydrogens is 426 g/mol. The van der Waals surface area contributed by atoms with Crippen molar-refractivity contribution in [2.24, 2.45) is 5.92 Å². The highest BCUT2D eigenvalue weighted by Gasteiger charge is 2.45. The lowest BCUT2D eigenvalue weighted by molar-refractivity contribution is -0.133. The van der Waals surface area contributed by atoms with Crippen molar-refractivity contribution in [3.05, 3.63) is 120 Å². The van der Waals surface area contributed by atoms with Gasteiger partial charge in [0.15, 0.2) is 5.78 Å². The Hall–Kier alpha value is -3.99. The molecule has 1 heterocycles. The molecule has 1 aliphatic rings. The zero-order valence-electron chi connectivity index (χ0n) is 18.9. The van der Waals surface area contributed by atoms with E-state index < -0.39 is 24.0 Å². The molecule has 2 amide bonds. The number of carbonyl (C=O) groups excluding carboxylic acids is 3. The van der Waals surface area contributed by atoms with Gasteiger partial charge in [-0.3, -0.25) is 9.59 Å². The molecule has 2 atom stereocenters. The minimum absolute atomic E-state index is 0.00723.